The van der Waals surface area contributed by atoms with E-state index in [0.29, 0.717) is 5.90 Å². The fourth-order valence-corrected chi connectivity index (χ4v) is 1.47. The summed E-state index contributed by atoms with van der Waals surface area (Å²) in [6.07, 6.45) is 1.71. The summed E-state index contributed by atoms with van der Waals surface area (Å²) in [6, 6.07) is 10.3. The molecule has 1 aromatic rings. The third-order valence-electron chi connectivity index (χ3n) is 2.20. The van der Waals surface area contributed by atoms with E-state index in [-0.39, 0.29) is 0 Å². The van der Waals surface area contributed by atoms with E-state index in [1.165, 1.54) is 5.56 Å². The Morgan fingerprint density at radius 3 is 2.47 bits per heavy atom. The molecule has 1 aliphatic rings. The van der Waals surface area contributed by atoms with Crippen LogP contribution in [-0.2, 0) is 16.0 Å². The van der Waals surface area contributed by atoms with Crippen LogP contribution in [0.15, 0.2) is 35.5 Å². The Kier molecular flexibility index (Phi) is 2.62. The van der Waals surface area contributed by atoms with Crippen molar-refractivity contribution in [3.05, 3.63) is 35.9 Å². The first-order valence-electron chi connectivity index (χ1n) is 5.14. The van der Waals surface area contributed by atoms with Crippen molar-refractivity contribution < 1.29 is 9.57 Å². The SMILES string of the molecule is CC1(C)ON=C(CCc2ccccc2)O1. The maximum absolute atomic E-state index is 5.50. The van der Waals surface area contributed by atoms with Crippen LogP contribution < -0.4 is 0 Å². The molecule has 0 aromatic heterocycles. The summed E-state index contributed by atoms with van der Waals surface area (Å²) in [7, 11) is 0. The van der Waals surface area contributed by atoms with Crippen LogP contribution in [0.1, 0.15) is 25.8 Å². The van der Waals surface area contributed by atoms with Crippen LogP contribution in [0, 0.1) is 0 Å². The monoisotopic (exact) mass is 205 g/mol. The summed E-state index contributed by atoms with van der Waals surface area (Å²) in [5, 5.41) is 3.90. The molecule has 15 heavy (non-hydrogen) atoms. The number of hydrogen-bond acceptors (Lipinski definition) is 3. The van der Waals surface area contributed by atoms with Crippen LogP contribution in [0.5, 0.6) is 0 Å². The normalized spacial score (nSPS) is 17.9. The van der Waals surface area contributed by atoms with Gasteiger partial charge in [0.05, 0.1) is 0 Å². The molecule has 0 aliphatic carbocycles. The first kappa shape index (κ1) is 10.0. The minimum absolute atomic E-state index is 0.591. The van der Waals surface area contributed by atoms with Gasteiger partial charge in [-0.25, -0.2) is 0 Å². The number of hydrogen-bond donors (Lipinski definition) is 0. The fraction of sp³-hybridized carbons (Fsp3) is 0.417. The molecule has 0 saturated heterocycles. The topological polar surface area (TPSA) is 30.8 Å². The quantitative estimate of drug-likeness (QED) is 0.759. The number of oxime groups is 1. The molecule has 1 aromatic carbocycles. The van der Waals surface area contributed by atoms with Crippen molar-refractivity contribution in [3.63, 3.8) is 0 Å². The number of benzene rings is 1. The van der Waals surface area contributed by atoms with Gasteiger partial charge in [0.1, 0.15) is 0 Å². The zero-order valence-electron chi connectivity index (χ0n) is 9.06. The second-order valence-electron chi connectivity index (χ2n) is 4.06. The Hall–Kier alpha value is -1.51. The molecule has 80 valence electrons. The first-order chi connectivity index (χ1) is 7.16. The molecule has 0 N–H and O–H groups in total. The van der Waals surface area contributed by atoms with Crippen molar-refractivity contribution in [2.75, 3.05) is 0 Å². The van der Waals surface area contributed by atoms with Gasteiger partial charge in [-0.1, -0.05) is 30.3 Å². The Morgan fingerprint density at radius 2 is 1.87 bits per heavy atom. The molecule has 0 spiro atoms. The third-order valence-corrected chi connectivity index (χ3v) is 2.20. The van der Waals surface area contributed by atoms with Gasteiger partial charge in [0, 0.05) is 20.3 Å². The second kappa shape index (κ2) is 3.93. The molecule has 0 atom stereocenters. The van der Waals surface area contributed by atoms with E-state index in [9.17, 15) is 0 Å². The summed E-state index contributed by atoms with van der Waals surface area (Å²) in [5.74, 6) is 0.0929. The molecule has 1 heterocycles. The number of rotatable bonds is 3. The summed E-state index contributed by atoms with van der Waals surface area (Å²) in [6.45, 7) is 3.71. The standard InChI is InChI=1S/C12H15NO2/c1-12(2)14-11(13-15-12)9-8-10-6-4-3-5-7-10/h3-7H,8-9H2,1-2H3. The molecule has 3 heteroatoms. The zero-order chi connectivity index (χ0) is 10.7. The van der Waals surface area contributed by atoms with Gasteiger partial charge in [-0.2, -0.15) is 0 Å². The van der Waals surface area contributed by atoms with E-state index in [2.05, 4.69) is 17.3 Å². The molecule has 1 aliphatic heterocycles. The highest BCUT2D eigenvalue weighted by atomic mass is 16.8. The molecule has 0 fully saturated rings. The van der Waals surface area contributed by atoms with Crippen LogP contribution in [-0.4, -0.2) is 11.7 Å². The lowest BCUT2D eigenvalue weighted by atomic mass is 10.1. The predicted molar refractivity (Wildman–Crippen MR) is 58.4 cm³/mol. The van der Waals surface area contributed by atoms with Crippen LogP contribution in [0.2, 0.25) is 0 Å². The van der Waals surface area contributed by atoms with E-state index < -0.39 is 5.79 Å². The van der Waals surface area contributed by atoms with Crippen LogP contribution in [0.25, 0.3) is 0 Å². The van der Waals surface area contributed by atoms with Crippen molar-refractivity contribution in [1.29, 1.82) is 0 Å². The molecule has 0 unspecified atom stereocenters. The summed E-state index contributed by atoms with van der Waals surface area (Å²) in [5.41, 5.74) is 1.29. The average Bonchev–Trinajstić information content (AvgIpc) is 2.57. The van der Waals surface area contributed by atoms with Gasteiger partial charge in [-0.15, -0.1) is 0 Å². The van der Waals surface area contributed by atoms with E-state index in [1.54, 1.807) is 0 Å². The third kappa shape index (κ3) is 2.72. The molecule has 0 bridgehead atoms. The fourth-order valence-electron chi connectivity index (χ4n) is 1.47. The molecule has 3 nitrogen and oxygen atoms in total. The maximum atomic E-state index is 5.50. The zero-order valence-corrected chi connectivity index (χ0v) is 9.06. The second-order valence-corrected chi connectivity index (χ2v) is 4.06. The van der Waals surface area contributed by atoms with E-state index >= 15 is 0 Å². The van der Waals surface area contributed by atoms with E-state index in [4.69, 9.17) is 9.57 Å². The smallest absolute Gasteiger partial charge is 0.271 e. The van der Waals surface area contributed by atoms with Crippen LogP contribution >= 0.6 is 0 Å². The summed E-state index contributed by atoms with van der Waals surface area (Å²) >= 11 is 0. The van der Waals surface area contributed by atoms with Gasteiger partial charge in [-0.3, -0.25) is 0 Å². The highest BCUT2D eigenvalue weighted by Gasteiger charge is 2.29. The van der Waals surface area contributed by atoms with Gasteiger partial charge in [0.2, 0.25) is 5.90 Å². The highest BCUT2D eigenvalue weighted by molar-refractivity contribution is 5.76. The first-order valence-corrected chi connectivity index (χ1v) is 5.14. The van der Waals surface area contributed by atoms with Crippen molar-refractivity contribution in [2.24, 2.45) is 5.16 Å². The maximum Gasteiger partial charge on any atom is 0.271 e. The van der Waals surface area contributed by atoms with Gasteiger partial charge >= 0.3 is 0 Å². The number of nitrogens with zero attached hydrogens (tertiary/aromatic N) is 1. The summed E-state index contributed by atoms with van der Waals surface area (Å²) in [4.78, 5) is 5.11. The lowest BCUT2D eigenvalue weighted by molar-refractivity contribution is -0.129. The van der Waals surface area contributed by atoms with Crippen molar-refractivity contribution in [1.82, 2.24) is 0 Å². The molecular weight excluding hydrogens is 190 g/mol. The Morgan fingerprint density at radius 1 is 1.13 bits per heavy atom. The van der Waals surface area contributed by atoms with E-state index in [1.807, 2.05) is 32.0 Å². The van der Waals surface area contributed by atoms with Crippen molar-refractivity contribution >= 4 is 5.90 Å². The molecule has 0 amide bonds. The minimum atomic E-state index is -0.591. The predicted octanol–water partition coefficient (Wildman–Crippen LogP) is 2.72. The Balaban J connectivity index is 1.85. The number of ether oxygens (including phenoxy) is 1. The molecule has 0 saturated carbocycles. The van der Waals surface area contributed by atoms with Crippen molar-refractivity contribution in [2.45, 2.75) is 32.5 Å². The van der Waals surface area contributed by atoms with Gasteiger partial charge < -0.3 is 9.57 Å². The van der Waals surface area contributed by atoms with Crippen LogP contribution in [0.3, 0.4) is 0 Å². The Bertz CT molecular complexity index is 357. The van der Waals surface area contributed by atoms with Crippen molar-refractivity contribution in [3.8, 4) is 0 Å². The Labute approximate surface area is 89.7 Å². The molecular formula is C12H15NO2. The van der Waals surface area contributed by atoms with Gasteiger partial charge in [0.25, 0.3) is 5.79 Å². The lowest BCUT2D eigenvalue weighted by Gasteiger charge is -2.14. The van der Waals surface area contributed by atoms with Crippen LogP contribution in [0.4, 0.5) is 0 Å². The van der Waals surface area contributed by atoms with E-state index in [0.717, 1.165) is 12.8 Å². The lowest BCUT2D eigenvalue weighted by Crippen LogP contribution is -2.22. The minimum Gasteiger partial charge on any atom is -0.434 e. The average molecular weight is 205 g/mol. The summed E-state index contributed by atoms with van der Waals surface area (Å²) < 4.78 is 5.50. The van der Waals surface area contributed by atoms with Gasteiger partial charge in [-0.05, 0) is 17.1 Å². The molecule has 2 rings (SSSR count). The molecule has 0 radical (unpaired) electrons. The number of aryl methyl sites for hydroxylation is 1. The van der Waals surface area contributed by atoms with Gasteiger partial charge in [0.15, 0.2) is 0 Å². The largest absolute Gasteiger partial charge is 0.434 e. The highest BCUT2D eigenvalue weighted by Crippen LogP contribution is 2.20.